The normalized spacial score (nSPS) is 10.4. The van der Waals surface area contributed by atoms with Gasteiger partial charge in [-0.1, -0.05) is 262 Å². The zero-order valence-electron chi connectivity index (χ0n) is 49.6. The van der Waals surface area contributed by atoms with Crippen LogP contribution in [0.1, 0.15) is 49.1 Å². The van der Waals surface area contributed by atoms with Crippen molar-refractivity contribution in [2.24, 2.45) is 0 Å². The van der Waals surface area contributed by atoms with Gasteiger partial charge in [-0.2, -0.15) is 4.57 Å². The zero-order valence-corrected chi connectivity index (χ0v) is 54.4. The van der Waals surface area contributed by atoms with E-state index < -0.39 is 5.97 Å². The Balaban J connectivity index is 0.000000208. The summed E-state index contributed by atoms with van der Waals surface area (Å²) in [4.78, 5) is 55.3. The number of benzene rings is 9. The van der Waals surface area contributed by atoms with Crippen LogP contribution < -0.4 is 27.7 Å². The number of hydrogen-bond acceptors (Lipinski definition) is 7. The molecule has 0 unspecified atom stereocenters. The zero-order chi connectivity index (χ0) is 62.2. The van der Waals surface area contributed by atoms with Gasteiger partial charge in [-0.05, 0) is 106 Å². The number of halogens is 3. The highest BCUT2D eigenvalue weighted by Gasteiger charge is 2.15. The number of nitrogens with zero attached hydrogens (tertiary/aromatic N) is 3. The molecule has 0 aliphatic heterocycles. The summed E-state index contributed by atoms with van der Waals surface area (Å²) >= 11 is 7.31. The van der Waals surface area contributed by atoms with Crippen LogP contribution in [0.25, 0.3) is 79.4 Å². The van der Waals surface area contributed by atoms with Crippen LogP contribution in [0.4, 0.5) is 0 Å². The van der Waals surface area contributed by atoms with Crippen molar-refractivity contribution >= 4 is 67.3 Å². The number of carbonyl (C=O) groups excluding carboxylic acids is 3. The van der Waals surface area contributed by atoms with Gasteiger partial charge in [0, 0.05) is 66.9 Å². The molecule has 0 spiro atoms. The summed E-state index contributed by atoms with van der Waals surface area (Å²) in [5, 5.41) is 7.42. The molecule has 3 aromatic heterocycles. The van der Waals surface area contributed by atoms with Crippen molar-refractivity contribution in [1.29, 1.82) is 0 Å². The molecule has 4 N–H and O–H groups in total. The molecule has 0 amide bonds. The predicted octanol–water partition coefficient (Wildman–Crippen LogP) is 16.6. The van der Waals surface area contributed by atoms with Crippen LogP contribution in [-0.2, 0) is 11.3 Å². The average Bonchev–Trinajstić information content (AvgIpc) is 1.13. The summed E-state index contributed by atoms with van der Waals surface area (Å²) in [6.45, 7) is 1.48. The topological polar surface area (TPSA) is 153 Å². The minimum Gasteiger partial charge on any atom is -1.00 e. The Morgan fingerprint density at radius 3 is 0.978 bits per heavy atom. The van der Waals surface area contributed by atoms with Crippen molar-refractivity contribution in [2.45, 2.75) is 13.5 Å². The number of ketones is 3. The molecule has 0 atom stereocenters. The molecule has 0 bridgehead atoms. The molecule has 91 heavy (non-hydrogen) atoms. The summed E-state index contributed by atoms with van der Waals surface area (Å²) in [6, 6.07) is 96.0. The van der Waals surface area contributed by atoms with Crippen LogP contribution in [0, 0.1) is 0 Å². The first-order valence-electron chi connectivity index (χ1n) is 28.6. The summed E-state index contributed by atoms with van der Waals surface area (Å²) in [5.74, 6) is -0.800. The number of hydrogen-bond donors (Lipinski definition) is 2. The quantitative estimate of drug-likeness (QED) is 0.0584. The fourth-order valence-corrected chi connectivity index (χ4v) is 10.4. The lowest BCUT2D eigenvalue weighted by molar-refractivity contribution is -0.683. The molecule has 450 valence electrons. The van der Waals surface area contributed by atoms with E-state index in [0.29, 0.717) is 17.7 Å². The molecule has 0 aliphatic rings. The van der Waals surface area contributed by atoms with Gasteiger partial charge in [0.25, 0.3) is 5.97 Å². The number of rotatable bonds is 15. The molecule has 9 aromatic carbocycles. The maximum absolute atomic E-state index is 12.2. The van der Waals surface area contributed by atoms with Gasteiger partial charge in [-0.15, -0.1) is 0 Å². The second kappa shape index (κ2) is 35.1. The van der Waals surface area contributed by atoms with Crippen LogP contribution in [0.5, 0.6) is 0 Å². The Kier molecular flexibility index (Phi) is 26.3. The molecular weight excluding hydrogens is 1320 g/mol. The minimum absolute atomic E-state index is 0. The van der Waals surface area contributed by atoms with E-state index in [4.69, 9.17) is 19.9 Å². The monoisotopic (exact) mass is 1380 g/mol. The molecule has 12 aromatic rings. The number of aromatic nitrogens is 3. The van der Waals surface area contributed by atoms with E-state index in [-0.39, 0.29) is 40.5 Å². The van der Waals surface area contributed by atoms with Crippen LogP contribution in [-0.4, -0.2) is 38.4 Å². The second-order valence-corrected chi connectivity index (χ2v) is 22.1. The number of carboxylic acids is 1. The fourth-order valence-electron chi connectivity index (χ4n) is 9.33. The van der Waals surface area contributed by atoms with Crippen molar-refractivity contribution in [2.75, 3.05) is 0 Å². The fraction of sp³-hybridized carbons (Fsp3) is 0.0253. The second-order valence-electron chi connectivity index (χ2n) is 20.2. The first-order valence-corrected chi connectivity index (χ1v) is 30.1. The van der Waals surface area contributed by atoms with Gasteiger partial charge >= 0.3 is 0 Å². The smallest absolute Gasteiger partial charge is 0.300 e. The SMILES string of the molecule is Brc1cc(-c2cc(-c3ccccc3)nc(-c3ccccc3)c2)cc(-c2cc(-c3ccccc3)nc(-c3ccccc3)c2)c1.CC(=O)O.N.O=C(/C=C/c1cc(Br)cc(/C=C/C(=O)c2ccccc2)c1)c1ccccc1.O=C(C[n+]1ccccc1)c1ccccc1.[Br-]. The van der Waals surface area contributed by atoms with Gasteiger partial charge in [0.15, 0.2) is 24.0 Å². The third-order valence-corrected chi connectivity index (χ3v) is 14.5. The number of Topliss-reactive ketones (excluding diaryl/α,β-unsaturated/α-hetero) is 1. The Hall–Kier alpha value is -10.2. The van der Waals surface area contributed by atoms with Crippen molar-refractivity contribution in [3.05, 3.63) is 352 Å². The summed E-state index contributed by atoms with van der Waals surface area (Å²) in [6.07, 6.45) is 10.4. The highest BCUT2D eigenvalue weighted by atomic mass is 79.9. The number of carboxylic acid groups (broad SMARTS) is 1. The van der Waals surface area contributed by atoms with E-state index in [1.54, 1.807) is 48.6 Å². The lowest BCUT2D eigenvalue weighted by Gasteiger charge is -2.14. The first-order chi connectivity index (χ1) is 43.4. The molecule has 12 rings (SSSR count). The van der Waals surface area contributed by atoms with Gasteiger partial charge in [-0.25, -0.2) is 9.97 Å². The Labute approximate surface area is 558 Å². The molecule has 12 heteroatoms. The maximum Gasteiger partial charge on any atom is 0.300 e. The van der Waals surface area contributed by atoms with E-state index in [0.717, 1.165) is 99.8 Å². The van der Waals surface area contributed by atoms with Crippen LogP contribution in [0.15, 0.2) is 325 Å². The van der Waals surface area contributed by atoms with Crippen LogP contribution in [0.3, 0.4) is 0 Å². The van der Waals surface area contributed by atoms with Crippen molar-refractivity contribution in [3.8, 4) is 67.3 Å². The molecule has 0 aliphatic carbocycles. The number of pyridine rings is 3. The summed E-state index contributed by atoms with van der Waals surface area (Å²) < 4.78 is 3.76. The predicted molar refractivity (Wildman–Crippen MR) is 372 cm³/mol. The van der Waals surface area contributed by atoms with Gasteiger partial charge in [0.05, 0.1) is 22.8 Å². The third kappa shape index (κ3) is 21.0. The Morgan fingerprint density at radius 2 is 0.648 bits per heavy atom. The number of allylic oxidation sites excluding steroid dienone is 2. The van der Waals surface area contributed by atoms with Gasteiger partial charge < -0.3 is 28.2 Å². The van der Waals surface area contributed by atoms with Crippen molar-refractivity contribution in [3.63, 3.8) is 0 Å². The minimum atomic E-state index is -0.833. The molecule has 9 nitrogen and oxygen atoms in total. The molecular formula is C79H63Br3N4O5. The maximum atomic E-state index is 12.2. The van der Waals surface area contributed by atoms with Gasteiger partial charge in [0.1, 0.15) is 0 Å². The van der Waals surface area contributed by atoms with Gasteiger partial charge in [0.2, 0.25) is 12.3 Å². The van der Waals surface area contributed by atoms with Crippen LogP contribution in [0.2, 0.25) is 0 Å². The Morgan fingerprint density at radius 1 is 0.374 bits per heavy atom. The lowest BCUT2D eigenvalue weighted by Crippen LogP contribution is -3.00. The van der Waals surface area contributed by atoms with E-state index in [2.05, 4.69) is 171 Å². The largest absolute Gasteiger partial charge is 1.00 e. The van der Waals surface area contributed by atoms with Gasteiger partial charge in [-0.3, -0.25) is 19.2 Å². The standard InChI is InChI=1S/C40H27BrN2.C24H17BrO2.C13H12NO.C2H4O2.BrH.H3N/c41-36-22-32(34-24-37(28-13-5-1-6-14-28)42-38(25-34)29-15-7-2-8-16-29)21-33(23-36)35-26-39(30-17-9-3-10-18-30)43-40(27-35)31-19-11-4-12-20-31;25-22-16-18(11-13-23(26)20-7-3-1-4-8-20)15-19(17-22)12-14-24(27)21-9-5-2-6-10-21;15-13(12-7-3-1-4-8-12)11-14-9-5-2-6-10-14;1-2(3)4;;/h1-27H;1-17H;1-10H,11H2;1H3,(H,3,4);1H;1H3/q;;+1;;;/p-1/b;13-11+,14-12+;;;;. The third-order valence-electron chi connectivity index (χ3n) is 13.6. The van der Waals surface area contributed by atoms with E-state index in [1.165, 1.54) is 0 Å². The highest BCUT2D eigenvalue weighted by molar-refractivity contribution is 9.10. The van der Waals surface area contributed by atoms with Crippen molar-refractivity contribution in [1.82, 2.24) is 16.1 Å². The lowest BCUT2D eigenvalue weighted by atomic mass is 9.95. The van der Waals surface area contributed by atoms with Crippen molar-refractivity contribution < 1.29 is 45.8 Å². The first kappa shape index (κ1) is 68.3. The molecule has 3 heterocycles. The highest BCUT2D eigenvalue weighted by Crippen LogP contribution is 2.37. The molecule has 0 saturated heterocycles. The molecule has 0 radical (unpaired) electrons. The Bertz CT molecular complexity index is 4030. The molecule has 0 saturated carbocycles. The average molecular weight is 1390 g/mol. The summed E-state index contributed by atoms with van der Waals surface area (Å²) in [7, 11) is 0. The van der Waals surface area contributed by atoms with E-state index in [1.807, 2.05) is 144 Å². The molecule has 0 fully saturated rings. The van der Waals surface area contributed by atoms with E-state index >= 15 is 0 Å². The number of carbonyl (C=O) groups is 4. The van der Waals surface area contributed by atoms with E-state index in [9.17, 15) is 14.4 Å². The summed E-state index contributed by atoms with van der Waals surface area (Å²) in [5.41, 5.74) is 16.4. The van der Waals surface area contributed by atoms with Crippen LogP contribution >= 0.6 is 31.9 Å². The number of aliphatic carboxylic acids is 1.